The van der Waals surface area contributed by atoms with Crippen LogP contribution in [-0.2, 0) is 6.42 Å². The number of hydrogen-bond donors (Lipinski definition) is 1. The summed E-state index contributed by atoms with van der Waals surface area (Å²) < 4.78 is 26.8. The van der Waals surface area contributed by atoms with Crippen LogP contribution in [0.1, 0.15) is 33.5 Å². The summed E-state index contributed by atoms with van der Waals surface area (Å²) in [6, 6.07) is 8.22. The highest BCUT2D eigenvalue weighted by Gasteiger charge is 2.17. The molecule has 0 radical (unpaired) electrons. The standard InChI is InChI=1S/C17H12F2O2/c18-13-6-12(7-14(19)9-13)15-3-1-2-10-4-5-11(17(20)21)8-16(10)15/h3-9H,1-2H2,(H,20,21). The number of aromatic carboxylic acids is 1. The molecule has 0 aromatic heterocycles. The second-order valence-electron chi connectivity index (χ2n) is 4.99. The third-order valence-electron chi connectivity index (χ3n) is 3.58. The summed E-state index contributed by atoms with van der Waals surface area (Å²) in [6.45, 7) is 0. The van der Waals surface area contributed by atoms with Crippen molar-refractivity contribution in [1.82, 2.24) is 0 Å². The molecular formula is C17H12F2O2. The van der Waals surface area contributed by atoms with Crippen molar-refractivity contribution >= 4 is 11.5 Å². The number of carboxylic acid groups (broad SMARTS) is 1. The molecule has 0 amide bonds. The van der Waals surface area contributed by atoms with Crippen LogP contribution in [0.2, 0.25) is 0 Å². The molecule has 0 aliphatic heterocycles. The molecule has 1 aliphatic rings. The maximum atomic E-state index is 13.4. The Morgan fingerprint density at radius 3 is 2.43 bits per heavy atom. The fraction of sp³-hybridized carbons (Fsp3) is 0.118. The van der Waals surface area contributed by atoms with Crippen molar-refractivity contribution in [2.75, 3.05) is 0 Å². The molecule has 2 aromatic rings. The number of rotatable bonds is 2. The third-order valence-corrected chi connectivity index (χ3v) is 3.58. The van der Waals surface area contributed by atoms with Crippen molar-refractivity contribution in [3.8, 4) is 0 Å². The minimum absolute atomic E-state index is 0.165. The molecule has 0 unspecified atom stereocenters. The topological polar surface area (TPSA) is 37.3 Å². The van der Waals surface area contributed by atoms with Gasteiger partial charge in [-0.1, -0.05) is 12.1 Å². The number of hydrogen-bond acceptors (Lipinski definition) is 1. The maximum absolute atomic E-state index is 13.4. The van der Waals surface area contributed by atoms with Crippen LogP contribution in [0.15, 0.2) is 42.5 Å². The van der Waals surface area contributed by atoms with E-state index in [0.717, 1.165) is 30.0 Å². The van der Waals surface area contributed by atoms with Crippen LogP contribution in [0, 0.1) is 11.6 Å². The Morgan fingerprint density at radius 2 is 1.76 bits per heavy atom. The maximum Gasteiger partial charge on any atom is 0.335 e. The summed E-state index contributed by atoms with van der Waals surface area (Å²) in [5.74, 6) is -2.31. The van der Waals surface area contributed by atoms with E-state index in [0.29, 0.717) is 11.1 Å². The number of carboxylic acids is 1. The van der Waals surface area contributed by atoms with Crippen LogP contribution in [0.3, 0.4) is 0 Å². The summed E-state index contributed by atoms with van der Waals surface area (Å²) in [5, 5.41) is 9.09. The Bertz CT molecular complexity index is 743. The highest BCUT2D eigenvalue weighted by Crippen LogP contribution is 2.33. The van der Waals surface area contributed by atoms with Gasteiger partial charge in [-0.15, -0.1) is 0 Å². The van der Waals surface area contributed by atoms with Crippen LogP contribution in [0.4, 0.5) is 8.78 Å². The van der Waals surface area contributed by atoms with Crippen LogP contribution in [-0.4, -0.2) is 11.1 Å². The molecule has 1 aliphatic carbocycles. The predicted molar refractivity (Wildman–Crippen MR) is 75.2 cm³/mol. The second-order valence-corrected chi connectivity index (χ2v) is 4.99. The molecule has 4 heteroatoms. The van der Waals surface area contributed by atoms with E-state index >= 15 is 0 Å². The summed E-state index contributed by atoms with van der Waals surface area (Å²) in [7, 11) is 0. The predicted octanol–water partition coefficient (Wildman–Crippen LogP) is 4.04. The lowest BCUT2D eigenvalue weighted by Crippen LogP contribution is -2.05. The van der Waals surface area contributed by atoms with Crippen LogP contribution >= 0.6 is 0 Å². The molecule has 106 valence electrons. The molecule has 2 nitrogen and oxygen atoms in total. The lowest BCUT2D eigenvalue weighted by molar-refractivity contribution is 0.0697. The lowest BCUT2D eigenvalue weighted by atomic mass is 9.86. The van der Waals surface area contributed by atoms with E-state index in [9.17, 15) is 13.6 Å². The normalized spacial score (nSPS) is 13.5. The SMILES string of the molecule is O=C(O)c1ccc2c(c1)C(c1cc(F)cc(F)c1)=CCC2. The van der Waals surface area contributed by atoms with E-state index < -0.39 is 17.6 Å². The zero-order chi connectivity index (χ0) is 15.0. The molecule has 1 N–H and O–H groups in total. The van der Waals surface area contributed by atoms with E-state index in [1.165, 1.54) is 12.1 Å². The third kappa shape index (κ3) is 2.57. The number of aryl methyl sites for hydroxylation is 1. The molecule has 0 saturated carbocycles. The molecule has 21 heavy (non-hydrogen) atoms. The van der Waals surface area contributed by atoms with Gasteiger partial charge in [-0.25, -0.2) is 13.6 Å². The summed E-state index contributed by atoms with van der Waals surface area (Å²) in [4.78, 5) is 11.1. The Balaban J connectivity index is 2.15. The van der Waals surface area contributed by atoms with Crippen molar-refractivity contribution in [3.05, 3.63) is 76.4 Å². The monoisotopic (exact) mass is 286 g/mol. The summed E-state index contributed by atoms with van der Waals surface area (Å²) in [6.07, 6.45) is 3.44. The quantitative estimate of drug-likeness (QED) is 0.904. The van der Waals surface area contributed by atoms with Gasteiger partial charge in [0.2, 0.25) is 0 Å². The average Bonchev–Trinajstić information content (AvgIpc) is 2.45. The van der Waals surface area contributed by atoms with Gasteiger partial charge in [0.1, 0.15) is 11.6 Å². The van der Waals surface area contributed by atoms with Gasteiger partial charge in [0.15, 0.2) is 0 Å². The van der Waals surface area contributed by atoms with Crippen molar-refractivity contribution < 1.29 is 18.7 Å². The number of allylic oxidation sites excluding steroid dienone is 1. The van der Waals surface area contributed by atoms with Crippen molar-refractivity contribution in [2.24, 2.45) is 0 Å². The summed E-state index contributed by atoms with van der Waals surface area (Å²) >= 11 is 0. The van der Waals surface area contributed by atoms with E-state index in [4.69, 9.17) is 5.11 Å². The van der Waals surface area contributed by atoms with Gasteiger partial charge in [-0.2, -0.15) is 0 Å². The van der Waals surface area contributed by atoms with Crippen LogP contribution < -0.4 is 0 Å². The number of benzene rings is 2. The van der Waals surface area contributed by atoms with Gasteiger partial charge >= 0.3 is 5.97 Å². The first-order valence-electron chi connectivity index (χ1n) is 6.58. The highest BCUT2D eigenvalue weighted by molar-refractivity contribution is 5.91. The Hall–Kier alpha value is -2.49. The number of carbonyl (C=O) groups is 1. The second kappa shape index (κ2) is 5.13. The lowest BCUT2D eigenvalue weighted by Gasteiger charge is -2.19. The van der Waals surface area contributed by atoms with Gasteiger partial charge < -0.3 is 5.11 Å². The minimum atomic E-state index is -1.02. The Labute approximate surface area is 120 Å². The zero-order valence-electron chi connectivity index (χ0n) is 11.1. The van der Waals surface area contributed by atoms with Gasteiger partial charge in [-0.3, -0.25) is 0 Å². The van der Waals surface area contributed by atoms with Gasteiger partial charge in [0.25, 0.3) is 0 Å². The molecule has 0 atom stereocenters. The number of fused-ring (bicyclic) bond motifs is 1. The van der Waals surface area contributed by atoms with E-state index in [1.807, 2.05) is 6.08 Å². The average molecular weight is 286 g/mol. The van der Waals surface area contributed by atoms with E-state index in [-0.39, 0.29) is 5.56 Å². The molecular weight excluding hydrogens is 274 g/mol. The first-order valence-corrected chi connectivity index (χ1v) is 6.58. The van der Waals surface area contributed by atoms with Crippen molar-refractivity contribution in [3.63, 3.8) is 0 Å². The molecule has 0 bridgehead atoms. The largest absolute Gasteiger partial charge is 0.478 e. The first kappa shape index (κ1) is 13.5. The fourth-order valence-corrected chi connectivity index (χ4v) is 2.64. The summed E-state index contributed by atoms with van der Waals surface area (Å²) in [5.41, 5.74) is 2.99. The fourth-order valence-electron chi connectivity index (χ4n) is 2.64. The van der Waals surface area contributed by atoms with Gasteiger partial charge in [-0.05, 0) is 59.4 Å². The van der Waals surface area contributed by atoms with Crippen LogP contribution in [0.25, 0.3) is 5.57 Å². The number of halogens is 2. The minimum Gasteiger partial charge on any atom is -0.478 e. The zero-order valence-corrected chi connectivity index (χ0v) is 11.1. The molecule has 2 aromatic carbocycles. The molecule has 3 rings (SSSR count). The van der Waals surface area contributed by atoms with Crippen molar-refractivity contribution in [2.45, 2.75) is 12.8 Å². The van der Waals surface area contributed by atoms with E-state index in [1.54, 1.807) is 18.2 Å². The smallest absolute Gasteiger partial charge is 0.335 e. The van der Waals surface area contributed by atoms with Crippen molar-refractivity contribution in [1.29, 1.82) is 0 Å². The Morgan fingerprint density at radius 1 is 1.05 bits per heavy atom. The molecule has 0 saturated heterocycles. The van der Waals surface area contributed by atoms with Crippen LogP contribution in [0.5, 0.6) is 0 Å². The Kier molecular flexibility index (Phi) is 3.29. The van der Waals surface area contributed by atoms with Gasteiger partial charge in [0, 0.05) is 6.07 Å². The van der Waals surface area contributed by atoms with E-state index in [2.05, 4.69) is 0 Å². The first-order chi connectivity index (χ1) is 10.0. The van der Waals surface area contributed by atoms with Gasteiger partial charge in [0.05, 0.1) is 5.56 Å². The molecule has 0 heterocycles. The molecule has 0 spiro atoms. The molecule has 0 fully saturated rings. The highest BCUT2D eigenvalue weighted by atomic mass is 19.1.